The summed E-state index contributed by atoms with van der Waals surface area (Å²) in [4.78, 5) is -1.01. The number of aryl methyl sites for hydroxylation is 1. The molecule has 2 aromatic carbocycles. The van der Waals surface area contributed by atoms with E-state index in [9.17, 15) is 21.9 Å². The molecule has 2 aromatic rings. The highest BCUT2D eigenvalue weighted by Crippen LogP contribution is 2.33. The molecule has 3 N–H and O–H groups in total. The first-order valence-corrected chi connectivity index (χ1v) is 8.10. The van der Waals surface area contributed by atoms with E-state index >= 15 is 0 Å². The first-order valence-electron chi connectivity index (χ1n) is 5.22. The van der Waals surface area contributed by atoms with Gasteiger partial charge in [-0.3, -0.25) is 9.11 Å². The molecule has 108 valence electrons. The van der Waals surface area contributed by atoms with Gasteiger partial charge >= 0.3 is 0 Å². The van der Waals surface area contributed by atoms with Crippen LogP contribution in [-0.2, 0) is 20.2 Å². The molecule has 0 heterocycles. The topological polar surface area (TPSA) is 129 Å². The normalized spacial score (nSPS) is 12.8. The number of benzene rings is 2. The second kappa shape index (κ2) is 4.42. The summed E-state index contributed by atoms with van der Waals surface area (Å²) in [7, 11) is -9.02. The molecule has 0 bridgehead atoms. The van der Waals surface area contributed by atoms with E-state index in [1.807, 2.05) is 0 Å². The van der Waals surface area contributed by atoms with E-state index in [1.165, 1.54) is 6.92 Å². The van der Waals surface area contributed by atoms with Gasteiger partial charge in [-0.1, -0.05) is 0 Å². The Morgan fingerprint density at radius 1 is 0.850 bits per heavy atom. The Morgan fingerprint density at radius 3 is 1.75 bits per heavy atom. The Labute approximate surface area is 115 Å². The van der Waals surface area contributed by atoms with Crippen molar-refractivity contribution in [3.05, 3.63) is 29.8 Å². The quantitative estimate of drug-likeness (QED) is 0.713. The predicted octanol–water partition coefficient (Wildman–Crippen LogP) is 1.35. The molecule has 0 spiro atoms. The predicted molar refractivity (Wildman–Crippen MR) is 70.0 cm³/mol. The lowest BCUT2D eigenvalue weighted by Gasteiger charge is -2.09. The molecule has 9 heteroatoms. The minimum atomic E-state index is -4.55. The van der Waals surface area contributed by atoms with Crippen LogP contribution in [0.15, 0.2) is 34.1 Å². The number of hydrogen-bond acceptors (Lipinski definition) is 5. The van der Waals surface area contributed by atoms with Crippen molar-refractivity contribution >= 4 is 31.0 Å². The highest BCUT2D eigenvalue weighted by atomic mass is 32.2. The van der Waals surface area contributed by atoms with Crippen LogP contribution in [0.5, 0.6) is 5.75 Å². The Kier molecular flexibility index (Phi) is 3.25. The Hall–Kier alpha value is -1.68. The van der Waals surface area contributed by atoms with Crippen molar-refractivity contribution in [3.8, 4) is 5.75 Å². The number of rotatable bonds is 2. The lowest BCUT2D eigenvalue weighted by Crippen LogP contribution is -2.01. The van der Waals surface area contributed by atoms with Gasteiger partial charge in [0.2, 0.25) is 0 Å². The molecule has 2 rings (SSSR count). The minimum Gasteiger partial charge on any atom is -0.507 e. The number of hydrogen-bond donors (Lipinski definition) is 3. The van der Waals surface area contributed by atoms with Crippen molar-refractivity contribution in [1.29, 1.82) is 0 Å². The van der Waals surface area contributed by atoms with Crippen molar-refractivity contribution in [2.24, 2.45) is 0 Å². The lowest BCUT2D eigenvalue weighted by molar-refractivity contribution is 0.470. The van der Waals surface area contributed by atoms with Gasteiger partial charge in [0, 0.05) is 11.5 Å². The molecule has 0 aliphatic carbocycles. The van der Waals surface area contributed by atoms with Crippen LogP contribution in [0, 0.1) is 6.92 Å². The van der Waals surface area contributed by atoms with Gasteiger partial charge in [0.1, 0.15) is 5.75 Å². The standard InChI is InChI=1S/C11H10O7S2/c1-6-2-8(19(13,14)15)3-7-4-9(20(16,17)18)5-10(12)11(6)7/h2-5,12H,1H3,(H,13,14,15)(H,16,17,18). The van der Waals surface area contributed by atoms with Crippen molar-refractivity contribution in [2.45, 2.75) is 16.7 Å². The van der Waals surface area contributed by atoms with E-state index in [2.05, 4.69) is 0 Å². The first kappa shape index (κ1) is 14.7. The summed E-state index contributed by atoms with van der Waals surface area (Å²) in [6.45, 7) is 1.49. The fourth-order valence-electron chi connectivity index (χ4n) is 1.94. The molecule has 0 radical (unpaired) electrons. The number of phenols is 1. The Bertz CT molecular complexity index is 839. The van der Waals surface area contributed by atoms with E-state index < -0.39 is 35.8 Å². The van der Waals surface area contributed by atoms with E-state index in [0.29, 0.717) is 5.56 Å². The first-order chi connectivity index (χ1) is 9.00. The smallest absolute Gasteiger partial charge is 0.294 e. The summed E-state index contributed by atoms with van der Waals surface area (Å²) in [6, 6.07) is 4.01. The van der Waals surface area contributed by atoms with Gasteiger partial charge in [0.25, 0.3) is 20.2 Å². The summed E-state index contributed by atoms with van der Waals surface area (Å²) in [5.41, 5.74) is 0.328. The van der Waals surface area contributed by atoms with Gasteiger partial charge in [-0.25, -0.2) is 0 Å². The molecule has 0 aliphatic heterocycles. The number of aromatic hydroxyl groups is 1. The van der Waals surface area contributed by atoms with Crippen LogP contribution in [0.1, 0.15) is 5.56 Å². The fourth-order valence-corrected chi connectivity index (χ4v) is 3.08. The van der Waals surface area contributed by atoms with Crippen LogP contribution in [-0.4, -0.2) is 31.0 Å². The molecule has 0 aromatic heterocycles. The fraction of sp³-hybridized carbons (Fsp3) is 0.0909. The van der Waals surface area contributed by atoms with E-state index in [0.717, 1.165) is 24.3 Å². The SMILES string of the molecule is Cc1cc(S(=O)(=O)O)cc2cc(S(=O)(=O)O)cc(O)c12. The maximum absolute atomic E-state index is 11.1. The van der Waals surface area contributed by atoms with Gasteiger partial charge in [-0.15, -0.1) is 0 Å². The molecule has 7 nitrogen and oxygen atoms in total. The zero-order valence-electron chi connectivity index (χ0n) is 10.1. The summed E-state index contributed by atoms with van der Waals surface area (Å²) in [5, 5.41) is 10.1. The highest BCUT2D eigenvalue weighted by Gasteiger charge is 2.17. The third kappa shape index (κ3) is 2.61. The zero-order valence-corrected chi connectivity index (χ0v) is 11.7. The number of fused-ring (bicyclic) bond motifs is 1. The highest BCUT2D eigenvalue weighted by molar-refractivity contribution is 7.86. The molecular formula is C11H10O7S2. The molecule has 20 heavy (non-hydrogen) atoms. The van der Waals surface area contributed by atoms with Gasteiger partial charge in [-0.05, 0) is 36.1 Å². The maximum atomic E-state index is 11.1. The molecule has 0 saturated carbocycles. The van der Waals surface area contributed by atoms with Crippen LogP contribution < -0.4 is 0 Å². The van der Waals surface area contributed by atoms with Gasteiger partial charge in [0.05, 0.1) is 9.79 Å². The van der Waals surface area contributed by atoms with Gasteiger partial charge in [0.15, 0.2) is 0 Å². The monoisotopic (exact) mass is 318 g/mol. The second-order valence-electron chi connectivity index (χ2n) is 4.23. The largest absolute Gasteiger partial charge is 0.507 e. The van der Waals surface area contributed by atoms with Crippen LogP contribution in [0.3, 0.4) is 0 Å². The maximum Gasteiger partial charge on any atom is 0.294 e. The molecule has 0 fully saturated rings. The Balaban J connectivity index is 2.95. The minimum absolute atomic E-state index is 0.0604. The summed E-state index contributed by atoms with van der Waals surface area (Å²) < 4.78 is 62.4. The van der Waals surface area contributed by atoms with Crippen LogP contribution in [0.4, 0.5) is 0 Å². The Morgan fingerprint density at radius 2 is 1.30 bits per heavy atom. The molecule has 0 amide bonds. The summed E-state index contributed by atoms with van der Waals surface area (Å²) in [6.07, 6.45) is 0. The van der Waals surface area contributed by atoms with Crippen LogP contribution in [0.25, 0.3) is 10.8 Å². The van der Waals surface area contributed by atoms with E-state index in [4.69, 9.17) is 9.11 Å². The van der Waals surface area contributed by atoms with Gasteiger partial charge < -0.3 is 5.11 Å². The van der Waals surface area contributed by atoms with Crippen LogP contribution >= 0.6 is 0 Å². The third-order valence-corrected chi connectivity index (χ3v) is 4.43. The summed E-state index contributed by atoms with van der Waals surface area (Å²) >= 11 is 0. The molecule has 0 unspecified atom stereocenters. The molecular weight excluding hydrogens is 308 g/mol. The summed E-state index contributed by atoms with van der Waals surface area (Å²) in [5.74, 6) is -0.422. The molecule has 0 saturated heterocycles. The van der Waals surface area contributed by atoms with Crippen molar-refractivity contribution in [2.75, 3.05) is 0 Å². The molecule has 0 aliphatic rings. The second-order valence-corrected chi connectivity index (χ2v) is 7.07. The zero-order chi connectivity index (χ0) is 15.3. The van der Waals surface area contributed by atoms with Crippen molar-refractivity contribution in [3.63, 3.8) is 0 Å². The molecule has 0 atom stereocenters. The lowest BCUT2D eigenvalue weighted by atomic mass is 10.0. The van der Waals surface area contributed by atoms with Crippen molar-refractivity contribution in [1.82, 2.24) is 0 Å². The van der Waals surface area contributed by atoms with Gasteiger partial charge in [-0.2, -0.15) is 16.8 Å². The van der Waals surface area contributed by atoms with E-state index in [1.54, 1.807) is 0 Å². The third-order valence-electron chi connectivity index (χ3n) is 2.77. The van der Waals surface area contributed by atoms with Crippen molar-refractivity contribution < 1.29 is 31.0 Å². The van der Waals surface area contributed by atoms with Crippen LogP contribution in [0.2, 0.25) is 0 Å². The average molecular weight is 318 g/mol. The van der Waals surface area contributed by atoms with E-state index in [-0.39, 0.29) is 10.8 Å². The number of phenolic OH excluding ortho intramolecular Hbond substituents is 1. The average Bonchev–Trinajstić information content (AvgIpc) is 2.25.